The highest BCUT2D eigenvalue weighted by Gasteiger charge is 2.16. The van der Waals surface area contributed by atoms with Gasteiger partial charge in [-0.05, 0) is 66.6 Å². The molecule has 0 fully saturated rings. The van der Waals surface area contributed by atoms with E-state index in [1.54, 1.807) is 6.07 Å². The number of aromatic amines is 1. The van der Waals surface area contributed by atoms with Gasteiger partial charge in [-0.2, -0.15) is 0 Å². The van der Waals surface area contributed by atoms with Crippen LogP contribution in [0.2, 0.25) is 0 Å². The summed E-state index contributed by atoms with van der Waals surface area (Å²) < 4.78 is 13.5. The molecule has 110 valence electrons. The molecule has 0 spiro atoms. The van der Waals surface area contributed by atoms with Gasteiger partial charge in [-0.15, -0.1) is 0 Å². The van der Waals surface area contributed by atoms with Gasteiger partial charge in [0.15, 0.2) is 6.29 Å². The zero-order chi connectivity index (χ0) is 15.1. The molecular weight excluding hydrogens is 277 g/mol. The van der Waals surface area contributed by atoms with E-state index in [9.17, 15) is 9.18 Å². The van der Waals surface area contributed by atoms with Gasteiger partial charge in [0.05, 0.1) is 5.69 Å². The van der Waals surface area contributed by atoms with E-state index < -0.39 is 0 Å². The van der Waals surface area contributed by atoms with Crippen LogP contribution in [-0.2, 0) is 12.8 Å². The number of H-pyrrole nitrogens is 1. The van der Waals surface area contributed by atoms with E-state index in [4.69, 9.17) is 0 Å². The summed E-state index contributed by atoms with van der Waals surface area (Å²) in [5.74, 6) is -0.327. The van der Waals surface area contributed by atoms with Crippen LogP contribution in [0.5, 0.6) is 0 Å². The Morgan fingerprint density at radius 2 is 1.82 bits per heavy atom. The quantitative estimate of drug-likeness (QED) is 0.684. The predicted molar refractivity (Wildman–Crippen MR) is 85.7 cm³/mol. The fourth-order valence-electron chi connectivity index (χ4n) is 3.42. The first kappa shape index (κ1) is 13.3. The van der Waals surface area contributed by atoms with Crippen LogP contribution in [0.3, 0.4) is 0 Å². The molecule has 0 aliphatic heterocycles. The maximum atomic E-state index is 13.5. The molecule has 0 amide bonds. The second-order valence-electron chi connectivity index (χ2n) is 5.91. The fraction of sp³-hybridized carbons (Fsp3) is 0.211. The zero-order valence-electron chi connectivity index (χ0n) is 12.2. The van der Waals surface area contributed by atoms with Gasteiger partial charge in [0.2, 0.25) is 0 Å². The first-order chi connectivity index (χ1) is 10.8. The molecule has 2 aromatic carbocycles. The topological polar surface area (TPSA) is 32.9 Å². The third-order valence-electron chi connectivity index (χ3n) is 4.56. The molecule has 1 aromatic heterocycles. The third kappa shape index (κ3) is 2.05. The highest BCUT2D eigenvalue weighted by Crippen LogP contribution is 2.32. The first-order valence-corrected chi connectivity index (χ1v) is 7.65. The Hall–Kier alpha value is -2.42. The van der Waals surface area contributed by atoms with E-state index in [0.717, 1.165) is 35.9 Å². The van der Waals surface area contributed by atoms with Crippen molar-refractivity contribution in [3.8, 4) is 11.3 Å². The first-order valence-electron chi connectivity index (χ1n) is 7.65. The highest BCUT2D eigenvalue weighted by molar-refractivity contribution is 6.04. The predicted octanol–water partition coefficient (Wildman–Crippen LogP) is 4.67. The lowest BCUT2D eigenvalue weighted by molar-refractivity contribution is 0.112. The fourth-order valence-corrected chi connectivity index (χ4v) is 3.42. The molecule has 1 aliphatic rings. The minimum Gasteiger partial charge on any atom is -0.354 e. The van der Waals surface area contributed by atoms with Gasteiger partial charge in [0.25, 0.3) is 0 Å². The number of hydrogen-bond acceptors (Lipinski definition) is 1. The lowest BCUT2D eigenvalue weighted by Crippen LogP contribution is -2.02. The number of benzene rings is 2. The molecule has 0 bridgehead atoms. The molecule has 0 saturated heterocycles. The van der Waals surface area contributed by atoms with Gasteiger partial charge in [-0.25, -0.2) is 4.39 Å². The third-order valence-corrected chi connectivity index (χ3v) is 4.56. The minimum atomic E-state index is -0.327. The molecule has 0 saturated carbocycles. The second-order valence-corrected chi connectivity index (χ2v) is 5.91. The van der Waals surface area contributed by atoms with Crippen molar-refractivity contribution < 1.29 is 9.18 Å². The number of halogens is 1. The van der Waals surface area contributed by atoms with E-state index in [1.165, 1.54) is 36.1 Å². The Balaban J connectivity index is 1.92. The lowest BCUT2D eigenvalue weighted by Gasteiger charge is -2.16. The number of carbonyl (C=O) groups is 1. The van der Waals surface area contributed by atoms with Crippen LogP contribution < -0.4 is 0 Å². The summed E-state index contributed by atoms with van der Waals surface area (Å²) in [6.07, 6.45) is 5.50. The Bertz CT molecular complexity index is 879. The zero-order valence-corrected chi connectivity index (χ0v) is 12.2. The largest absolute Gasteiger partial charge is 0.354 e. The summed E-state index contributed by atoms with van der Waals surface area (Å²) in [5, 5.41) is 0.641. The molecule has 1 N–H and O–H groups in total. The smallest absolute Gasteiger partial charge is 0.152 e. The molecule has 3 heteroatoms. The summed E-state index contributed by atoms with van der Waals surface area (Å²) in [6.45, 7) is 0. The van der Waals surface area contributed by atoms with Crippen LogP contribution >= 0.6 is 0 Å². The van der Waals surface area contributed by atoms with Gasteiger partial charge in [-0.1, -0.05) is 12.1 Å². The van der Waals surface area contributed by atoms with Gasteiger partial charge in [0.1, 0.15) is 5.82 Å². The van der Waals surface area contributed by atoms with Crippen LogP contribution in [0.1, 0.15) is 34.3 Å². The van der Waals surface area contributed by atoms with Crippen molar-refractivity contribution in [3.05, 3.63) is 58.9 Å². The van der Waals surface area contributed by atoms with Crippen LogP contribution in [0.15, 0.2) is 36.4 Å². The van der Waals surface area contributed by atoms with Crippen molar-refractivity contribution in [2.75, 3.05) is 0 Å². The van der Waals surface area contributed by atoms with Gasteiger partial charge in [0, 0.05) is 16.5 Å². The van der Waals surface area contributed by atoms with E-state index in [2.05, 4.69) is 23.2 Å². The molecule has 4 rings (SSSR count). The van der Waals surface area contributed by atoms with E-state index >= 15 is 0 Å². The molecular formula is C19H16FNO. The average Bonchev–Trinajstić information content (AvgIpc) is 2.92. The van der Waals surface area contributed by atoms with Gasteiger partial charge >= 0.3 is 0 Å². The minimum absolute atomic E-state index is 0.327. The summed E-state index contributed by atoms with van der Waals surface area (Å²) >= 11 is 0. The van der Waals surface area contributed by atoms with E-state index in [0.29, 0.717) is 10.9 Å². The van der Waals surface area contributed by atoms with Crippen molar-refractivity contribution in [3.63, 3.8) is 0 Å². The SMILES string of the molecule is O=Cc1c(-c2ccc3c(c2)CCCC3)[nH]c2ccc(F)cc12. The van der Waals surface area contributed by atoms with E-state index in [1.807, 2.05) is 0 Å². The number of aldehydes is 1. The maximum absolute atomic E-state index is 13.5. The Morgan fingerprint density at radius 1 is 1.00 bits per heavy atom. The normalized spacial score (nSPS) is 14.0. The van der Waals surface area contributed by atoms with Crippen LogP contribution in [0.4, 0.5) is 4.39 Å². The molecule has 1 heterocycles. The van der Waals surface area contributed by atoms with Crippen molar-refractivity contribution in [1.29, 1.82) is 0 Å². The summed E-state index contributed by atoms with van der Waals surface area (Å²) in [4.78, 5) is 14.8. The van der Waals surface area contributed by atoms with Crippen molar-refractivity contribution in [1.82, 2.24) is 4.98 Å². The molecule has 0 atom stereocenters. The second kappa shape index (κ2) is 5.09. The lowest BCUT2D eigenvalue weighted by atomic mass is 9.89. The molecule has 3 aromatic rings. The Labute approximate surface area is 128 Å². The van der Waals surface area contributed by atoms with Crippen molar-refractivity contribution in [2.45, 2.75) is 25.7 Å². The Kier molecular flexibility index (Phi) is 3.07. The van der Waals surface area contributed by atoms with Crippen LogP contribution in [0, 0.1) is 5.82 Å². The molecule has 0 unspecified atom stereocenters. The van der Waals surface area contributed by atoms with E-state index in [-0.39, 0.29) is 5.82 Å². The van der Waals surface area contributed by atoms with Gasteiger partial charge in [-0.3, -0.25) is 4.79 Å². The number of fused-ring (bicyclic) bond motifs is 2. The summed E-state index contributed by atoms with van der Waals surface area (Å²) in [6, 6.07) is 10.9. The monoisotopic (exact) mass is 293 g/mol. The number of aryl methyl sites for hydroxylation is 2. The number of nitrogens with one attached hydrogen (secondary N) is 1. The maximum Gasteiger partial charge on any atom is 0.152 e. The van der Waals surface area contributed by atoms with Crippen molar-refractivity contribution in [2.24, 2.45) is 0 Å². The standard InChI is InChI=1S/C19H16FNO/c20-15-7-8-18-16(10-15)17(11-22)19(21-18)14-6-5-12-3-1-2-4-13(12)9-14/h5-11,21H,1-4H2. The Morgan fingerprint density at radius 3 is 2.64 bits per heavy atom. The van der Waals surface area contributed by atoms with Crippen LogP contribution in [0.25, 0.3) is 22.2 Å². The summed E-state index contributed by atoms with van der Waals surface area (Å²) in [7, 11) is 0. The average molecular weight is 293 g/mol. The molecule has 22 heavy (non-hydrogen) atoms. The van der Waals surface area contributed by atoms with Crippen LogP contribution in [-0.4, -0.2) is 11.3 Å². The number of hydrogen-bond donors (Lipinski definition) is 1. The molecule has 1 aliphatic carbocycles. The number of aromatic nitrogens is 1. The molecule has 0 radical (unpaired) electrons. The van der Waals surface area contributed by atoms with Gasteiger partial charge < -0.3 is 4.98 Å². The van der Waals surface area contributed by atoms with Crippen molar-refractivity contribution >= 4 is 17.2 Å². The highest BCUT2D eigenvalue weighted by atomic mass is 19.1. The summed E-state index contributed by atoms with van der Waals surface area (Å²) in [5.41, 5.74) is 5.88. The molecule has 2 nitrogen and oxygen atoms in total. The number of carbonyl (C=O) groups excluding carboxylic acids is 1. The number of rotatable bonds is 2.